The molecular weight excluding hydrogens is 238 g/mol. The fraction of sp³-hybridized carbons (Fsp3) is 1.00. The van der Waals surface area contributed by atoms with Crippen LogP contribution < -0.4 is 5.32 Å². The third-order valence-electron chi connectivity index (χ3n) is 4.95. The summed E-state index contributed by atoms with van der Waals surface area (Å²) in [7, 11) is -3.87. The molecule has 98 valence electrons. The van der Waals surface area contributed by atoms with Gasteiger partial charge in [-0.15, -0.1) is 0 Å². The highest BCUT2D eigenvalue weighted by Crippen LogP contribution is 2.59. The van der Waals surface area contributed by atoms with Crippen molar-refractivity contribution in [2.24, 2.45) is 23.2 Å². The average Bonchev–Trinajstić information content (AvgIpc) is 2.11. The van der Waals surface area contributed by atoms with Crippen LogP contribution in [0.4, 0.5) is 0 Å². The minimum absolute atomic E-state index is 0.297. The molecule has 0 aromatic rings. The molecule has 5 heteroatoms. The van der Waals surface area contributed by atoms with Crippen LogP contribution in [0.2, 0.25) is 0 Å². The van der Waals surface area contributed by atoms with Gasteiger partial charge in [0.05, 0.1) is 0 Å². The summed E-state index contributed by atoms with van der Waals surface area (Å²) in [6.45, 7) is 0.760. The first kappa shape index (κ1) is 11.9. The van der Waals surface area contributed by atoms with Gasteiger partial charge in [0.25, 0.3) is 10.1 Å². The van der Waals surface area contributed by atoms with E-state index >= 15 is 0 Å². The molecule has 0 aromatic heterocycles. The summed E-state index contributed by atoms with van der Waals surface area (Å²) in [5, 5.41) is 2.94. The highest BCUT2D eigenvalue weighted by Gasteiger charge is 2.50. The van der Waals surface area contributed by atoms with Gasteiger partial charge in [-0.3, -0.25) is 4.55 Å². The zero-order valence-electron chi connectivity index (χ0n) is 10.1. The van der Waals surface area contributed by atoms with Gasteiger partial charge in [0.2, 0.25) is 0 Å². The van der Waals surface area contributed by atoms with Crippen LogP contribution in [0.5, 0.6) is 0 Å². The van der Waals surface area contributed by atoms with E-state index in [1.165, 1.54) is 38.5 Å². The lowest BCUT2D eigenvalue weighted by molar-refractivity contribution is -0.0506. The van der Waals surface area contributed by atoms with E-state index in [1.54, 1.807) is 0 Å². The SMILES string of the molecule is O=S(=O)(O)CNCC12CC3CC(CC(C3)C1)C2. The number of nitrogens with one attached hydrogen (secondary N) is 1. The van der Waals surface area contributed by atoms with Crippen molar-refractivity contribution >= 4 is 10.1 Å². The van der Waals surface area contributed by atoms with Gasteiger partial charge >= 0.3 is 0 Å². The molecular formula is C12H21NO3S. The highest BCUT2D eigenvalue weighted by atomic mass is 32.2. The number of hydrogen-bond donors (Lipinski definition) is 2. The quantitative estimate of drug-likeness (QED) is 0.753. The number of hydrogen-bond acceptors (Lipinski definition) is 3. The predicted molar refractivity (Wildman–Crippen MR) is 65.0 cm³/mol. The molecule has 4 aliphatic carbocycles. The smallest absolute Gasteiger partial charge is 0.278 e. The Morgan fingerprint density at radius 1 is 1.06 bits per heavy atom. The largest absolute Gasteiger partial charge is 0.301 e. The third kappa shape index (κ3) is 2.51. The lowest BCUT2D eigenvalue weighted by Crippen LogP contribution is -2.50. The van der Waals surface area contributed by atoms with Crippen LogP contribution in [0, 0.1) is 23.2 Å². The fourth-order valence-corrected chi connectivity index (χ4v) is 5.31. The van der Waals surface area contributed by atoms with Gasteiger partial charge in [0.15, 0.2) is 0 Å². The van der Waals surface area contributed by atoms with E-state index < -0.39 is 10.1 Å². The van der Waals surface area contributed by atoms with Crippen molar-refractivity contribution in [3.05, 3.63) is 0 Å². The lowest BCUT2D eigenvalue weighted by atomic mass is 9.49. The zero-order chi connectivity index (χ0) is 12.1. The Kier molecular flexibility index (Phi) is 2.76. The van der Waals surface area contributed by atoms with E-state index in [4.69, 9.17) is 4.55 Å². The Bertz CT molecular complexity index is 369. The van der Waals surface area contributed by atoms with Crippen molar-refractivity contribution in [3.63, 3.8) is 0 Å². The van der Waals surface area contributed by atoms with E-state index in [-0.39, 0.29) is 5.88 Å². The van der Waals surface area contributed by atoms with Gasteiger partial charge in [-0.25, -0.2) is 0 Å². The van der Waals surface area contributed by atoms with Crippen molar-refractivity contribution in [2.45, 2.75) is 38.5 Å². The maximum Gasteiger partial charge on any atom is 0.278 e. The zero-order valence-corrected chi connectivity index (χ0v) is 10.9. The molecule has 0 heterocycles. The minimum Gasteiger partial charge on any atom is -0.301 e. The van der Waals surface area contributed by atoms with E-state index in [0.29, 0.717) is 5.41 Å². The molecule has 0 unspecified atom stereocenters. The molecule has 4 rings (SSSR count). The molecule has 4 aliphatic rings. The van der Waals surface area contributed by atoms with Gasteiger partial charge in [-0.2, -0.15) is 8.42 Å². The van der Waals surface area contributed by atoms with Gasteiger partial charge in [-0.1, -0.05) is 0 Å². The molecule has 0 aliphatic heterocycles. The van der Waals surface area contributed by atoms with Crippen molar-refractivity contribution in [1.82, 2.24) is 5.32 Å². The summed E-state index contributed by atoms with van der Waals surface area (Å²) in [6.07, 6.45) is 7.99. The first-order valence-corrected chi connectivity index (χ1v) is 8.21. The molecule has 0 aromatic carbocycles. The second kappa shape index (κ2) is 3.93. The summed E-state index contributed by atoms with van der Waals surface area (Å²) in [6, 6.07) is 0. The Morgan fingerprint density at radius 2 is 1.53 bits per heavy atom. The maximum absolute atomic E-state index is 10.7. The molecule has 0 spiro atoms. The molecule has 0 atom stereocenters. The van der Waals surface area contributed by atoms with Crippen molar-refractivity contribution in [1.29, 1.82) is 0 Å². The molecule has 0 radical (unpaired) electrons. The van der Waals surface area contributed by atoms with Crippen LogP contribution in [0.1, 0.15) is 38.5 Å². The van der Waals surface area contributed by atoms with Gasteiger partial charge < -0.3 is 5.32 Å². The first-order valence-electron chi connectivity index (χ1n) is 6.60. The molecule has 17 heavy (non-hydrogen) atoms. The Hall–Kier alpha value is -0.130. The Morgan fingerprint density at radius 3 is 1.94 bits per heavy atom. The standard InChI is InChI=1S/C12H21NO3S/c14-17(15,16)8-13-7-12-4-9-1-10(5-12)3-11(2-9)6-12/h9-11,13H,1-8H2,(H,14,15,16). The Labute approximate surface area is 103 Å². The van der Waals surface area contributed by atoms with Gasteiger partial charge in [0.1, 0.15) is 5.88 Å². The summed E-state index contributed by atoms with van der Waals surface area (Å²) in [5.41, 5.74) is 0.333. The van der Waals surface area contributed by atoms with E-state index in [0.717, 1.165) is 24.3 Å². The van der Waals surface area contributed by atoms with Crippen LogP contribution in [-0.2, 0) is 10.1 Å². The second-order valence-corrected chi connectivity index (χ2v) is 8.02. The van der Waals surface area contributed by atoms with Crippen LogP contribution in [-0.4, -0.2) is 25.4 Å². The van der Waals surface area contributed by atoms with E-state index in [2.05, 4.69) is 5.32 Å². The van der Waals surface area contributed by atoms with Gasteiger partial charge in [0, 0.05) is 6.54 Å². The molecule has 2 N–H and O–H groups in total. The molecule has 4 fully saturated rings. The molecule has 4 nitrogen and oxygen atoms in total. The normalized spacial score (nSPS) is 44.2. The molecule has 4 bridgehead atoms. The van der Waals surface area contributed by atoms with E-state index in [1.807, 2.05) is 0 Å². The molecule has 0 amide bonds. The third-order valence-corrected chi connectivity index (χ3v) is 5.52. The first-order chi connectivity index (χ1) is 7.94. The highest BCUT2D eigenvalue weighted by molar-refractivity contribution is 7.85. The van der Waals surface area contributed by atoms with Crippen LogP contribution in [0.15, 0.2) is 0 Å². The summed E-state index contributed by atoms with van der Waals surface area (Å²) in [5.74, 6) is 2.35. The summed E-state index contributed by atoms with van der Waals surface area (Å²) in [4.78, 5) is 0. The molecule has 4 saturated carbocycles. The van der Waals surface area contributed by atoms with Crippen molar-refractivity contribution in [2.75, 3.05) is 12.4 Å². The monoisotopic (exact) mass is 259 g/mol. The predicted octanol–water partition coefficient (Wildman–Crippen LogP) is 1.64. The topological polar surface area (TPSA) is 66.4 Å². The van der Waals surface area contributed by atoms with Crippen LogP contribution in [0.25, 0.3) is 0 Å². The summed E-state index contributed by atoms with van der Waals surface area (Å²) >= 11 is 0. The second-order valence-electron chi connectivity index (χ2n) is 6.57. The van der Waals surface area contributed by atoms with Crippen molar-refractivity contribution in [3.8, 4) is 0 Å². The fourth-order valence-electron chi connectivity index (χ4n) is 4.95. The minimum atomic E-state index is -3.87. The summed E-state index contributed by atoms with van der Waals surface area (Å²) < 4.78 is 30.2. The van der Waals surface area contributed by atoms with Crippen molar-refractivity contribution < 1.29 is 13.0 Å². The van der Waals surface area contributed by atoms with Crippen LogP contribution in [0.3, 0.4) is 0 Å². The van der Waals surface area contributed by atoms with Gasteiger partial charge in [-0.05, 0) is 61.7 Å². The van der Waals surface area contributed by atoms with E-state index in [9.17, 15) is 8.42 Å². The lowest BCUT2D eigenvalue weighted by Gasteiger charge is -2.57. The number of rotatable bonds is 4. The molecule has 0 saturated heterocycles. The Balaban J connectivity index is 1.62. The average molecular weight is 259 g/mol. The maximum atomic E-state index is 10.7. The van der Waals surface area contributed by atoms with Crippen LogP contribution >= 0.6 is 0 Å².